The van der Waals surface area contributed by atoms with Crippen LogP contribution in [0.4, 0.5) is 0 Å². The Morgan fingerprint density at radius 1 is 0.590 bits per heavy atom. The second-order valence-corrected chi connectivity index (χ2v) is 12.1. The summed E-state index contributed by atoms with van der Waals surface area (Å²) < 4.78 is 12.1. The molecule has 1 saturated carbocycles. The van der Waals surface area contributed by atoms with Crippen LogP contribution in [0.5, 0.6) is 11.5 Å². The van der Waals surface area contributed by atoms with E-state index in [0.717, 1.165) is 51.4 Å². The fourth-order valence-electron chi connectivity index (χ4n) is 6.83. The molecule has 4 atom stereocenters. The van der Waals surface area contributed by atoms with E-state index in [1.165, 1.54) is 22.3 Å². The normalized spacial score (nSPS) is 22.7. The van der Waals surface area contributed by atoms with Crippen molar-refractivity contribution in [1.82, 2.24) is 0 Å². The van der Waals surface area contributed by atoms with Crippen molar-refractivity contribution in [3.63, 3.8) is 0 Å². The molecule has 1 fully saturated rings. The smallest absolute Gasteiger partial charge is 0.315 e. The first-order valence-corrected chi connectivity index (χ1v) is 15.1. The zero-order chi connectivity index (χ0) is 28.2. The lowest BCUT2D eigenvalue weighted by Gasteiger charge is -2.25. The Morgan fingerprint density at radius 2 is 0.897 bits per heavy atom. The van der Waals surface area contributed by atoms with Crippen molar-refractivity contribution in [2.45, 2.75) is 92.9 Å². The first kappa shape index (κ1) is 29.1. The summed E-state index contributed by atoms with van der Waals surface area (Å²) in [5.41, 5.74) is 4.52. The molecule has 2 aliphatic carbocycles. The van der Waals surface area contributed by atoms with Gasteiger partial charge in [-0.25, -0.2) is 0 Å². The third-order valence-corrected chi connectivity index (χ3v) is 8.59. The van der Waals surface area contributed by atoms with Crippen molar-refractivity contribution in [3.8, 4) is 11.5 Å². The molecule has 4 heteroatoms. The Hall–Kier alpha value is -2.88. The Labute approximate surface area is 235 Å². The van der Waals surface area contributed by atoms with E-state index < -0.39 is 11.8 Å². The lowest BCUT2D eigenvalue weighted by molar-refractivity contribution is -0.151. The van der Waals surface area contributed by atoms with Crippen molar-refractivity contribution in [3.05, 3.63) is 70.8 Å². The monoisotopic (exact) mass is 530 g/mol. The van der Waals surface area contributed by atoms with E-state index in [4.69, 9.17) is 9.47 Å². The van der Waals surface area contributed by atoms with Gasteiger partial charge >= 0.3 is 11.9 Å². The zero-order valence-electron chi connectivity index (χ0n) is 24.7. The highest BCUT2D eigenvalue weighted by atomic mass is 16.5. The summed E-state index contributed by atoms with van der Waals surface area (Å²) in [6.45, 7) is 12.9. The van der Waals surface area contributed by atoms with Gasteiger partial charge in [0.15, 0.2) is 0 Å². The summed E-state index contributed by atoms with van der Waals surface area (Å²) in [7, 11) is 0. The lowest BCUT2D eigenvalue weighted by Crippen LogP contribution is -2.37. The number of allylic oxidation sites excluding steroid dienone is 2. The Bertz CT molecular complexity index is 1070. The van der Waals surface area contributed by atoms with Crippen molar-refractivity contribution in [1.29, 1.82) is 0 Å². The molecular formula is C35H46O4. The third-order valence-electron chi connectivity index (χ3n) is 8.59. The van der Waals surface area contributed by atoms with Crippen LogP contribution in [0.3, 0.4) is 0 Å². The molecule has 0 N–H and O–H groups in total. The maximum atomic E-state index is 13.8. The van der Waals surface area contributed by atoms with Gasteiger partial charge in [-0.3, -0.25) is 9.59 Å². The molecular weight excluding hydrogens is 484 g/mol. The Balaban J connectivity index is 1.60. The van der Waals surface area contributed by atoms with Gasteiger partial charge in [0.25, 0.3) is 0 Å². The molecule has 0 aromatic heterocycles. The fraction of sp³-hybridized carbons (Fsp3) is 0.543. The van der Waals surface area contributed by atoms with Crippen LogP contribution >= 0.6 is 0 Å². The molecule has 0 saturated heterocycles. The van der Waals surface area contributed by atoms with E-state index in [-0.39, 0.29) is 29.2 Å². The van der Waals surface area contributed by atoms with Crippen molar-refractivity contribution < 1.29 is 19.1 Å². The van der Waals surface area contributed by atoms with E-state index in [9.17, 15) is 9.59 Å². The summed E-state index contributed by atoms with van der Waals surface area (Å²) in [6, 6.07) is 12.4. The van der Waals surface area contributed by atoms with E-state index in [2.05, 4.69) is 65.8 Å². The third kappa shape index (κ3) is 6.31. The van der Waals surface area contributed by atoms with E-state index in [0.29, 0.717) is 11.5 Å². The van der Waals surface area contributed by atoms with Gasteiger partial charge in [0.05, 0.1) is 11.8 Å². The molecule has 4 nitrogen and oxygen atoms in total. The Morgan fingerprint density at radius 3 is 1.18 bits per heavy atom. The zero-order valence-corrected chi connectivity index (χ0v) is 24.7. The van der Waals surface area contributed by atoms with Gasteiger partial charge in [0.1, 0.15) is 11.5 Å². The highest BCUT2D eigenvalue weighted by molar-refractivity contribution is 5.87. The number of benzene rings is 2. The van der Waals surface area contributed by atoms with E-state index >= 15 is 0 Å². The number of fused-ring (bicyclic) bond motifs is 2. The second kappa shape index (κ2) is 12.5. The molecule has 0 spiro atoms. The molecule has 4 unspecified atom stereocenters. The van der Waals surface area contributed by atoms with Crippen molar-refractivity contribution in [2.24, 2.45) is 29.1 Å². The predicted octanol–water partition coefficient (Wildman–Crippen LogP) is 8.08. The molecule has 39 heavy (non-hydrogen) atoms. The molecule has 2 aliphatic rings. The van der Waals surface area contributed by atoms with E-state index in [1.54, 1.807) is 0 Å². The van der Waals surface area contributed by atoms with Crippen LogP contribution in [0.15, 0.2) is 48.6 Å². The maximum Gasteiger partial charge on any atom is 0.315 e. The minimum atomic E-state index is -0.569. The maximum absolute atomic E-state index is 13.8. The van der Waals surface area contributed by atoms with Gasteiger partial charge in [-0.05, 0) is 89.5 Å². The minimum absolute atomic E-state index is 0.0661. The average Bonchev–Trinajstić information content (AvgIpc) is 3.29. The van der Waals surface area contributed by atoms with Crippen LogP contribution in [0, 0.1) is 29.1 Å². The summed E-state index contributed by atoms with van der Waals surface area (Å²) >= 11 is 0. The molecule has 0 heterocycles. The van der Waals surface area contributed by atoms with Gasteiger partial charge in [0, 0.05) is 0 Å². The molecule has 2 aromatic carbocycles. The number of carbonyl (C=O) groups excluding carboxylic acids is 2. The van der Waals surface area contributed by atoms with Crippen LogP contribution in [-0.4, -0.2) is 11.9 Å². The standard InChI is InChI=1S/C35H46O4/c1-7-11-23-17-24(12-8-2)20-27(19-23)38-33(36)31-29-15-16-30(35(29,5)6)32(31)34(37)39-28-21-25(13-9-3)18-26(22-28)14-10-4/h15-22,29-32H,7-14H2,1-6H3. The number of aryl methyl sites for hydroxylation is 4. The first-order chi connectivity index (χ1) is 18.7. The molecule has 2 aromatic rings. The number of hydrogen-bond acceptors (Lipinski definition) is 4. The van der Waals surface area contributed by atoms with Crippen LogP contribution < -0.4 is 9.47 Å². The summed E-state index contributed by atoms with van der Waals surface area (Å²) in [4.78, 5) is 27.6. The van der Waals surface area contributed by atoms with Crippen LogP contribution in [0.1, 0.15) is 89.5 Å². The van der Waals surface area contributed by atoms with Gasteiger partial charge in [-0.2, -0.15) is 0 Å². The van der Waals surface area contributed by atoms with Crippen LogP contribution in [-0.2, 0) is 35.3 Å². The van der Waals surface area contributed by atoms with Crippen LogP contribution in [0.2, 0.25) is 0 Å². The second-order valence-electron chi connectivity index (χ2n) is 12.1. The molecule has 0 radical (unpaired) electrons. The SMILES string of the molecule is CCCc1cc(CCC)cc(OC(=O)C2C(C(=O)Oc3cc(CCC)cc(CCC)c3)C3C=CC2C3(C)C)c1. The number of ether oxygens (including phenoxy) is 2. The summed E-state index contributed by atoms with van der Waals surface area (Å²) in [5.74, 6) is -0.757. The highest BCUT2D eigenvalue weighted by Gasteiger charge is 2.62. The number of rotatable bonds is 12. The molecule has 210 valence electrons. The summed E-state index contributed by atoms with van der Waals surface area (Å²) in [6.07, 6.45) is 12.1. The highest BCUT2D eigenvalue weighted by Crippen LogP contribution is 2.60. The molecule has 0 amide bonds. The lowest BCUT2D eigenvalue weighted by atomic mass is 9.79. The molecule has 0 aliphatic heterocycles. The summed E-state index contributed by atoms with van der Waals surface area (Å²) in [5, 5.41) is 0. The number of carbonyl (C=O) groups is 2. The first-order valence-electron chi connectivity index (χ1n) is 15.1. The molecule has 4 rings (SSSR count). The fourth-order valence-corrected chi connectivity index (χ4v) is 6.83. The predicted molar refractivity (Wildman–Crippen MR) is 157 cm³/mol. The quantitative estimate of drug-likeness (QED) is 0.158. The number of esters is 2. The molecule has 2 bridgehead atoms. The topological polar surface area (TPSA) is 52.6 Å². The van der Waals surface area contributed by atoms with Gasteiger partial charge in [-0.15, -0.1) is 0 Å². The van der Waals surface area contributed by atoms with E-state index in [1.807, 2.05) is 24.3 Å². The van der Waals surface area contributed by atoms with Crippen LogP contribution in [0.25, 0.3) is 0 Å². The van der Waals surface area contributed by atoms with Crippen molar-refractivity contribution in [2.75, 3.05) is 0 Å². The largest absolute Gasteiger partial charge is 0.426 e. The van der Waals surface area contributed by atoms with Gasteiger partial charge in [-0.1, -0.05) is 91.5 Å². The van der Waals surface area contributed by atoms with Crippen molar-refractivity contribution >= 4 is 11.9 Å². The Kier molecular flexibility index (Phi) is 9.35. The minimum Gasteiger partial charge on any atom is -0.426 e. The van der Waals surface area contributed by atoms with Gasteiger partial charge < -0.3 is 9.47 Å². The number of hydrogen-bond donors (Lipinski definition) is 0. The van der Waals surface area contributed by atoms with Gasteiger partial charge in [0.2, 0.25) is 0 Å². The average molecular weight is 531 g/mol.